The first kappa shape index (κ1) is 9.38. The summed E-state index contributed by atoms with van der Waals surface area (Å²) in [6.07, 6.45) is -1.29. The lowest BCUT2D eigenvalue weighted by Gasteiger charge is -2.11. The number of carbonyl (C=O) groups is 1. The van der Waals surface area contributed by atoms with Gasteiger partial charge < -0.3 is 14.7 Å². The van der Waals surface area contributed by atoms with Crippen molar-refractivity contribution in [3.63, 3.8) is 0 Å². The highest BCUT2D eigenvalue weighted by molar-refractivity contribution is 5.61. The Labute approximate surface area is 76.4 Å². The smallest absolute Gasteiger partial charge is 0.449 e. The van der Waals surface area contributed by atoms with Crippen molar-refractivity contribution < 1.29 is 14.6 Å². The molecule has 0 amide bonds. The molecule has 0 saturated heterocycles. The van der Waals surface area contributed by atoms with Crippen molar-refractivity contribution in [3.8, 4) is 5.75 Å². The van der Waals surface area contributed by atoms with Gasteiger partial charge >= 0.3 is 6.16 Å². The lowest BCUT2D eigenvalue weighted by molar-refractivity contribution is 0.144. The summed E-state index contributed by atoms with van der Waals surface area (Å²) in [6, 6.07) is 6.81. The Morgan fingerprint density at radius 3 is 2.23 bits per heavy atom. The molecule has 1 aromatic rings. The summed E-state index contributed by atoms with van der Waals surface area (Å²) in [6.45, 7) is 0. The summed E-state index contributed by atoms with van der Waals surface area (Å²) in [5, 5.41) is 8.31. The second-order valence-electron chi connectivity index (χ2n) is 2.76. The van der Waals surface area contributed by atoms with Crippen LogP contribution in [-0.2, 0) is 0 Å². The average Bonchev–Trinajstić information content (AvgIpc) is 2.04. The van der Waals surface area contributed by atoms with Gasteiger partial charge in [-0.15, -0.1) is 0 Å². The molecule has 4 heteroatoms. The van der Waals surface area contributed by atoms with Gasteiger partial charge in [0.05, 0.1) is 0 Å². The van der Waals surface area contributed by atoms with Crippen molar-refractivity contribution in [3.05, 3.63) is 24.3 Å². The molecular formula is C9H11NO3. The zero-order chi connectivity index (χ0) is 9.84. The minimum Gasteiger partial charge on any atom is -0.449 e. The molecule has 0 saturated carbocycles. The van der Waals surface area contributed by atoms with Crippen LogP contribution in [0.2, 0.25) is 0 Å². The monoisotopic (exact) mass is 181 g/mol. The summed E-state index contributed by atoms with van der Waals surface area (Å²) in [7, 11) is 3.82. The lowest BCUT2D eigenvalue weighted by Crippen LogP contribution is -2.08. The maximum atomic E-state index is 10.2. The molecule has 0 spiro atoms. The fourth-order valence-electron chi connectivity index (χ4n) is 0.913. The van der Waals surface area contributed by atoms with E-state index in [-0.39, 0.29) is 0 Å². The topological polar surface area (TPSA) is 49.8 Å². The Hall–Kier alpha value is -1.71. The first-order valence-corrected chi connectivity index (χ1v) is 3.78. The van der Waals surface area contributed by atoms with Crippen molar-refractivity contribution in [2.24, 2.45) is 0 Å². The van der Waals surface area contributed by atoms with Crippen LogP contribution in [-0.4, -0.2) is 25.4 Å². The van der Waals surface area contributed by atoms with E-state index in [2.05, 4.69) is 4.74 Å². The highest BCUT2D eigenvalue weighted by atomic mass is 16.7. The minimum atomic E-state index is -1.29. The largest absolute Gasteiger partial charge is 0.511 e. The highest BCUT2D eigenvalue weighted by Gasteiger charge is 2.00. The Morgan fingerprint density at radius 1 is 1.31 bits per heavy atom. The SMILES string of the molecule is CN(C)c1ccc(OC(=O)O)cc1. The van der Waals surface area contributed by atoms with Gasteiger partial charge in [0.1, 0.15) is 5.75 Å². The van der Waals surface area contributed by atoms with Gasteiger partial charge in [-0.1, -0.05) is 0 Å². The summed E-state index contributed by atoms with van der Waals surface area (Å²) < 4.78 is 4.45. The van der Waals surface area contributed by atoms with Crippen LogP contribution in [0, 0.1) is 0 Å². The Bertz CT molecular complexity index is 292. The Kier molecular flexibility index (Phi) is 2.74. The quantitative estimate of drug-likeness (QED) is 0.558. The second kappa shape index (κ2) is 3.80. The van der Waals surface area contributed by atoms with Crippen LogP contribution in [0.3, 0.4) is 0 Å². The van der Waals surface area contributed by atoms with E-state index >= 15 is 0 Å². The molecular weight excluding hydrogens is 170 g/mol. The van der Waals surface area contributed by atoms with Gasteiger partial charge in [0.25, 0.3) is 0 Å². The van der Waals surface area contributed by atoms with Crippen LogP contribution in [0.4, 0.5) is 10.5 Å². The maximum absolute atomic E-state index is 10.2. The van der Waals surface area contributed by atoms with Crippen molar-refractivity contribution in [1.29, 1.82) is 0 Å². The predicted molar refractivity (Wildman–Crippen MR) is 49.4 cm³/mol. The normalized spacial score (nSPS) is 9.38. The summed E-state index contributed by atoms with van der Waals surface area (Å²) in [4.78, 5) is 12.1. The number of nitrogens with zero attached hydrogens (tertiary/aromatic N) is 1. The van der Waals surface area contributed by atoms with Gasteiger partial charge in [-0.3, -0.25) is 0 Å². The van der Waals surface area contributed by atoms with Gasteiger partial charge in [-0.25, -0.2) is 4.79 Å². The van der Waals surface area contributed by atoms with E-state index < -0.39 is 6.16 Å². The molecule has 0 radical (unpaired) electrons. The first-order valence-electron chi connectivity index (χ1n) is 3.78. The van der Waals surface area contributed by atoms with Crippen LogP contribution in [0.1, 0.15) is 0 Å². The molecule has 0 atom stereocenters. The molecule has 0 bridgehead atoms. The third-order valence-electron chi connectivity index (χ3n) is 1.56. The summed E-state index contributed by atoms with van der Waals surface area (Å²) in [5.41, 5.74) is 0.998. The number of ether oxygens (including phenoxy) is 1. The van der Waals surface area contributed by atoms with E-state index in [9.17, 15) is 4.79 Å². The molecule has 0 aliphatic carbocycles. The van der Waals surface area contributed by atoms with Gasteiger partial charge in [-0.05, 0) is 24.3 Å². The highest BCUT2D eigenvalue weighted by Crippen LogP contribution is 2.17. The van der Waals surface area contributed by atoms with Crippen LogP contribution in [0.5, 0.6) is 5.75 Å². The first-order chi connectivity index (χ1) is 6.09. The van der Waals surface area contributed by atoms with Crippen molar-refractivity contribution in [1.82, 2.24) is 0 Å². The molecule has 13 heavy (non-hydrogen) atoms. The molecule has 4 nitrogen and oxygen atoms in total. The van der Waals surface area contributed by atoms with Gasteiger partial charge in [-0.2, -0.15) is 0 Å². The summed E-state index contributed by atoms with van der Waals surface area (Å²) >= 11 is 0. The Balaban J connectivity index is 2.75. The number of hydrogen-bond acceptors (Lipinski definition) is 3. The van der Waals surface area contributed by atoms with E-state index in [1.807, 2.05) is 19.0 Å². The predicted octanol–water partition coefficient (Wildman–Crippen LogP) is 1.81. The maximum Gasteiger partial charge on any atom is 0.511 e. The fourth-order valence-corrected chi connectivity index (χ4v) is 0.913. The van der Waals surface area contributed by atoms with Crippen LogP contribution < -0.4 is 9.64 Å². The van der Waals surface area contributed by atoms with Crippen LogP contribution in [0.25, 0.3) is 0 Å². The van der Waals surface area contributed by atoms with E-state index in [0.29, 0.717) is 5.75 Å². The van der Waals surface area contributed by atoms with Crippen molar-refractivity contribution >= 4 is 11.8 Å². The van der Waals surface area contributed by atoms with E-state index in [1.54, 1.807) is 24.3 Å². The van der Waals surface area contributed by atoms with E-state index in [0.717, 1.165) is 5.69 Å². The third kappa shape index (κ3) is 2.66. The molecule has 0 aromatic heterocycles. The minimum absolute atomic E-state index is 0.332. The summed E-state index contributed by atoms with van der Waals surface area (Å²) in [5.74, 6) is 0.332. The Morgan fingerprint density at radius 2 is 1.85 bits per heavy atom. The molecule has 0 unspecified atom stereocenters. The fraction of sp³-hybridized carbons (Fsp3) is 0.222. The number of rotatable bonds is 2. The lowest BCUT2D eigenvalue weighted by atomic mass is 10.3. The molecule has 0 aliphatic heterocycles. The number of benzene rings is 1. The standard InChI is InChI=1S/C9H11NO3/c1-10(2)7-3-5-8(6-4-7)13-9(11)12/h3-6H,1-2H3,(H,11,12). The van der Waals surface area contributed by atoms with Crippen molar-refractivity contribution in [2.45, 2.75) is 0 Å². The van der Waals surface area contributed by atoms with Gasteiger partial charge in [0.15, 0.2) is 0 Å². The van der Waals surface area contributed by atoms with Crippen LogP contribution in [0.15, 0.2) is 24.3 Å². The van der Waals surface area contributed by atoms with Gasteiger partial charge in [0.2, 0.25) is 0 Å². The molecule has 0 aliphatic rings. The molecule has 1 aromatic carbocycles. The third-order valence-corrected chi connectivity index (χ3v) is 1.56. The number of carboxylic acid groups (broad SMARTS) is 1. The van der Waals surface area contributed by atoms with Gasteiger partial charge in [0, 0.05) is 19.8 Å². The van der Waals surface area contributed by atoms with E-state index in [4.69, 9.17) is 5.11 Å². The number of anilines is 1. The average molecular weight is 181 g/mol. The molecule has 1 N–H and O–H groups in total. The number of hydrogen-bond donors (Lipinski definition) is 1. The molecule has 0 heterocycles. The molecule has 0 fully saturated rings. The zero-order valence-corrected chi connectivity index (χ0v) is 7.52. The molecule has 1 rings (SSSR count). The van der Waals surface area contributed by atoms with Crippen LogP contribution >= 0.6 is 0 Å². The second-order valence-corrected chi connectivity index (χ2v) is 2.76. The van der Waals surface area contributed by atoms with E-state index in [1.165, 1.54) is 0 Å². The zero-order valence-electron chi connectivity index (χ0n) is 7.52. The molecule has 70 valence electrons. The van der Waals surface area contributed by atoms with Crippen molar-refractivity contribution in [2.75, 3.05) is 19.0 Å².